The normalized spacial score (nSPS) is 29.7. The van der Waals surface area contributed by atoms with Gasteiger partial charge < -0.3 is 5.32 Å². The van der Waals surface area contributed by atoms with Crippen LogP contribution in [0.15, 0.2) is 30.3 Å². The molecule has 17 heavy (non-hydrogen) atoms. The van der Waals surface area contributed by atoms with E-state index in [1.165, 1.54) is 37.8 Å². The van der Waals surface area contributed by atoms with Crippen molar-refractivity contribution < 1.29 is 0 Å². The molecule has 1 atom stereocenters. The van der Waals surface area contributed by atoms with Crippen molar-refractivity contribution in [3.8, 4) is 0 Å². The minimum Gasteiger partial charge on any atom is -0.314 e. The molecule has 0 heterocycles. The van der Waals surface area contributed by atoms with E-state index in [1.54, 1.807) is 0 Å². The SMILES string of the molecule is CC(CNC1CC(c2ccccc2)C1)C1CC1. The summed E-state index contributed by atoms with van der Waals surface area (Å²) < 4.78 is 0. The fourth-order valence-electron chi connectivity index (χ4n) is 2.97. The standard InChI is InChI=1S/C16H23N/c1-12(13-7-8-13)11-17-16-9-15(10-16)14-5-3-2-4-6-14/h2-6,12-13,15-17H,7-11H2,1H3. The summed E-state index contributed by atoms with van der Waals surface area (Å²) in [5, 5.41) is 3.74. The Morgan fingerprint density at radius 2 is 1.88 bits per heavy atom. The first-order valence-electron chi connectivity index (χ1n) is 7.11. The highest BCUT2D eigenvalue weighted by Crippen LogP contribution is 2.38. The van der Waals surface area contributed by atoms with Gasteiger partial charge in [-0.25, -0.2) is 0 Å². The van der Waals surface area contributed by atoms with E-state index >= 15 is 0 Å². The van der Waals surface area contributed by atoms with Gasteiger partial charge >= 0.3 is 0 Å². The second-order valence-electron chi connectivity index (χ2n) is 6.00. The Labute approximate surface area is 105 Å². The third-order valence-corrected chi connectivity index (χ3v) is 4.56. The molecule has 2 saturated carbocycles. The number of hydrogen-bond donors (Lipinski definition) is 1. The maximum atomic E-state index is 3.74. The van der Waals surface area contributed by atoms with Crippen LogP contribution >= 0.6 is 0 Å². The molecule has 0 radical (unpaired) electrons. The Balaban J connectivity index is 1.39. The summed E-state index contributed by atoms with van der Waals surface area (Å²) in [6.45, 7) is 3.63. The Kier molecular flexibility index (Phi) is 3.19. The largest absolute Gasteiger partial charge is 0.314 e. The summed E-state index contributed by atoms with van der Waals surface area (Å²) in [6, 6.07) is 11.7. The van der Waals surface area contributed by atoms with Crippen LogP contribution in [0, 0.1) is 11.8 Å². The summed E-state index contributed by atoms with van der Waals surface area (Å²) in [4.78, 5) is 0. The lowest BCUT2D eigenvalue weighted by molar-refractivity contribution is 0.273. The fourth-order valence-corrected chi connectivity index (χ4v) is 2.97. The van der Waals surface area contributed by atoms with E-state index in [4.69, 9.17) is 0 Å². The molecule has 0 aliphatic heterocycles. The van der Waals surface area contributed by atoms with Gasteiger partial charge in [0.15, 0.2) is 0 Å². The lowest BCUT2D eigenvalue weighted by Gasteiger charge is -2.37. The average Bonchev–Trinajstić information content (AvgIpc) is 3.12. The van der Waals surface area contributed by atoms with E-state index in [2.05, 4.69) is 42.6 Å². The Morgan fingerprint density at radius 3 is 2.53 bits per heavy atom. The highest BCUT2D eigenvalue weighted by Gasteiger charge is 2.32. The molecule has 0 bridgehead atoms. The van der Waals surface area contributed by atoms with E-state index in [9.17, 15) is 0 Å². The second kappa shape index (κ2) is 4.81. The number of rotatable bonds is 5. The van der Waals surface area contributed by atoms with Gasteiger partial charge in [-0.05, 0) is 55.5 Å². The molecule has 2 fully saturated rings. The summed E-state index contributed by atoms with van der Waals surface area (Å²) in [6.07, 6.45) is 5.61. The van der Waals surface area contributed by atoms with Gasteiger partial charge in [0.1, 0.15) is 0 Å². The maximum absolute atomic E-state index is 3.74. The van der Waals surface area contributed by atoms with E-state index < -0.39 is 0 Å². The molecule has 1 heteroatoms. The van der Waals surface area contributed by atoms with E-state index in [0.29, 0.717) is 0 Å². The first-order valence-corrected chi connectivity index (χ1v) is 7.11. The Bertz CT molecular complexity index is 349. The van der Waals surface area contributed by atoms with Gasteiger partial charge in [0.2, 0.25) is 0 Å². The summed E-state index contributed by atoms with van der Waals surface area (Å²) in [5.74, 6) is 2.74. The van der Waals surface area contributed by atoms with Crippen LogP contribution in [-0.4, -0.2) is 12.6 Å². The first-order chi connectivity index (χ1) is 8.33. The predicted octanol–water partition coefficient (Wildman–Crippen LogP) is 3.57. The van der Waals surface area contributed by atoms with Gasteiger partial charge in [-0.2, -0.15) is 0 Å². The molecule has 2 aliphatic carbocycles. The Hall–Kier alpha value is -0.820. The third-order valence-electron chi connectivity index (χ3n) is 4.56. The van der Waals surface area contributed by atoms with Gasteiger partial charge in [0.05, 0.1) is 0 Å². The van der Waals surface area contributed by atoms with Gasteiger partial charge in [0, 0.05) is 6.04 Å². The molecular weight excluding hydrogens is 206 g/mol. The molecule has 92 valence electrons. The molecule has 3 rings (SSSR count). The van der Waals surface area contributed by atoms with Crippen molar-refractivity contribution in [1.82, 2.24) is 5.32 Å². The first kappa shape index (κ1) is 11.3. The van der Waals surface area contributed by atoms with Crippen LogP contribution in [0.1, 0.15) is 44.1 Å². The fraction of sp³-hybridized carbons (Fsp3) is 0.625. The van der Waals surface area contributed by atoms with Gasteiger partial charge in [-0.15, -0.1) is 0 Å². The lowest BCUT2D eigenvalue weighted by Crippen LogP contribution is -2.42. The molecule has 1 aromatic carbocycles. The highest BCUT2D eigenvalue weighted by atomic mass is 14.9. The zero-order valence-electron chi connectivity index (χ0n) is 10.7. The molecule has 1 aromatic rings. The zero-order chi connectivity index (χ0) is 11.7. The molecule has 0 aromatic heterocycles. The van der Waals surface area contributed by atoms with Crippen LogP contribution in [0.5, 0.6) is 0 Å². The van der Waals surface area contributed by atoms with Crippen LogP contribution in [0.3, 0.4) is 0 Å². The molecular formula is C16H23N. The highest BCUT2D eigenvalue weighted by molar-refractivity contribution is 5.22. The molecule has 0 saturated heterocycles. The van der Waals surface area contributed by atoms with Crippen molar-refractivity contribution in [2.24, 2.45) is 11.8 Å². The zero-order valence-corrected chi connectivity index (χ0v) is 10.7. The lowest BCUT2D eigenvalue weighted by atomic mass is 9.76. The van der Waals surface area contributed by atoms with Crippen molar-refractivity contribution >= 4 is 0 Å². The van der Waals surface area contributed by atoms with Crippen LogP contribution in [0.4, 0.5) is 0 Å². The molecule has 2 aliphatic rings. The van der Waals surface area contributed by atoms with Gasteiger partial charge in [-0.3, -0.25) is 0 Å². The molecule has 0 amide bonds. The summed E-state index contributed by atoms with van der Waals surface area (Å²) >= 11 is 0. The molecule has 1 unspecified atom stereocenters. The Morgan fingerprint density at radius 1 is 1.18 bits per heavy atom. The third kappa shape index (κ3) is 2.71. The van der Waals surface area contributed by atoms with Gasteiger partial charge in [0.25, 0.3) is 0 Å². The van der Waals surface area contributed by atoms with E-state index in [-0.39, 0.29) is 0 Å². The quantitative estimate of drug-likeness (QED) is 0.814. The monoisotopic (exact) mass is 229 g/mol. The molecule has 1 nitrogen and oxygen atoms in total. The van der Waals surface area contributed by atoms with E-state index in [0.717, 1.165) is 23.8 Å². The summed E-state index contributed by atoms with van der Waals surface area (Å²) in [7, 11) is 0. The van der Waals surface area contributed by atoms with Crippen molar-refractivity contribution in [1.29, 1.82) is 0 Å². The van der Waals surface area contributed by atoms with Crippen molar-refractivity contribution in [3.05, 3.63) is 35.9 Å². The van der Waals surface area contributed by atoms with Crippen LogP contribution in [0.2, 0.25) is 0 Å². The van der Waals surface area contributed by atoms with Crippen LogP contribution in [-0.2, 0) is 0 Å². The van der Waals surface area contributed by atoms with Crippen molar-refractivity contribution in [3.63, 3.8) is 0 Å². The van der Waals surface area contributed by atoms with Crippen molar-refractivity contribution in [2.45, 2.75) is 44.6 Å². The minimum atomic E-state index is 0.779. The number of benzene rings is 1. The smallest absolute Gasteiger partial charge is 0.00788 e. The minimum absolute atomic E-state index is 0.779. The average molecular weight is 229 g/mol. The van der Waals surface area contributed by atoms with Crippen molar-refractivity contribution in [2.75, 3.05) is 6.54 Å². The van der Waals surface area contributed by atoms with Crippen LogP contribution in [0.25, 0.3) is 0 Å². The topological polar surface area (TPSA) is 12.0 Å². The number of nitrogens with one attached hydrogen (secondary N) is 1. The molecule has 1 N–H and O–H groups in total. The molecule has 0 spiro atoms. The van der Waals surface area contributed by atoms with Gasteiger partial charge in [-0.1, -0.05) is 37.3 Å². The summed E-state index contributed by atoms with van der Waals surface area (Å²) in [5.41, 5.74) is 1.53. The van der Waals surface area contributed by atoms with Crippen LogP contribution < -0.4 is 5.32 Å². The second-order valence-corrected chi connectivity index (χ2v) is 6.00. The number of hydrogen-bond acceptors (Lipinski definition) is 1. The predicted molar refractivity (Wildman–Crippen MR) is 72.1 cm³/mol. The maximum Gasteiger partial charge on any atom is 0.00788 e. The van der Waals surface area contributed by atoms with E-state index in [1.807, 2.05) is 0 Å².